The molecule has 31 heavy (non-hydrogen) atoms. The highest BCUT2D eigenvalue weighted by Gasteiger charge is 2.36. The van der Waals surface area contributed by atoms with Crippen molar-refractivity contribution in [1.82, 2.24) is 4.90 Å². The van der Waals surface area contributed by atoms with Gasteiger partial charge >= 0.3 is 12.8 Å². The second-order valence-corrected chi connectivity index (χ2v) is 7.28. The largest absolute Gasteiger partial charge is 0.435 e. The lowest BCUT2D eigenvalue weighted by molar-refractivity contribution is -0.138. The van der Waals surface area contributed by atoms with Crippen molar-refractivity contribution in [3.8, 4) is 5.75 Å². The van der Waals surface area contributed by atoms with E-state index in [2.05, 4.69) is 4.74 Å². The van der Waals surface area contributed by atoms with Crippen LogP contribution in [0.15, 0.2) is 48.5 Å². The van der Waals surface area contributed by atoms with Crippen LogP contribution in [-0.2, 0) is 17.4 Å². The van der Waals surface area contributed by atoms with Gasteiger partial charge in [-0.2, -0.15) is 22.0 Å². The minimum Gasteiger partial charge on any atom is -0.435 e. The number of alkyl halides is 5. The van der Waals surface area contributed by atoms with E-state index in [1.807, 2.05) is 0 Å². The van der Waals surface area contributed by atoms with E-state index < -0.39 is 29.8 Å². The predicted molar refractivity (Wildman–Crippen MR) is 102 cm³/mol. The van der Waals surface area contributed by atoms with Crippen LogP contribution in [-0.4, -0.2) is 36.3 Å². The molecule has 4 nitrogen and oxygen atoms in total. The van der Waals surface area contributed by atoms with Crippen LogP contribution in [0.1, 0.15) is 34.3 Å². The fraction of sp³-hybridized carbons (Fsp3) is 0.364. The Morgan fingerprint density at radius 2 is 1.61 bits per heavy atom. The average molecular weight is 441 g/mol. The first-order valence-electron chi connectivity index (χ1n) is 9.67. The van der Waals surface area contributed by atoms with Crippen molar-refractivity contribution in [1.29, 1.82) is 0 Å². The molecule has 0 saturated carbocycles. The molecule has 1 amide bonds. The zero-order chi connectivity index (χ0) is 22.6. The number of ether oxygens (including phenoxy) is 1. The number of ketones is 1. The maximum absolute atomic E-state index is 13.2. The summed E-state index contributed by atoms with van der Waals surface area (Å²) in [5, 5.41) is 0. The standard InChI is InChI=1S/C22H20F5NO3/c23-21(24)31-16-7-5-14(6-8-16)13-19(29)15-9-11-28(12-10-15)20(30)17-3-1-2-4-18(17)22(25,26)27/h1-8,15,21H,9-13H2. The average Bonchev–Trinajstić information content (AvgIpc) is 2.74. The summed E-state index contributed by atoms with van der Waals surface area (Å²) in [6.07, 6.45) is -3.82. The van der Waals surface area contributed by atoms with Gasteiger partial charge in [-0.3, -0.25) is 9.59 Å². The summed E-state index contributed by atoms with van der Waals surface area (Å²) in [7, 11) is 0. The van der Waals surface area contributed by atoms with Crippen LogP contribution in [0.25, 0.3) is 0 Å². The van der Waals surface area contributed by atoms with Crippen molar-refractivity contribution < 1.29 is 36.3 Å². The van der Waals surface area contributed by atoms with E-state index in [1.165, 1.54) is 41.3 Å². The number of rotatable bonds is 6. The Hall–Kier alpha value is -2.97. The minimum absolute atomic E-state index is 0.00263. The quantitative estimate of drug-likeness (QED) is 0.595. The molecule has 3 rings (SSSR count). The Balaban J connectivity index is 1.57. The number of hydrogen-bond acceptors (Lipinski definition) is 3. The van der Waals surface area contributed by atoms with Crippen molar-refractivity contribution in [2.24, 2.45) is 5.92 Å². The smallest absolute Gasteiger partial charge is 0.417 e. The topological polar surface area (TPSA) is 46.6 Å². The zero-order valence-corrected chi connectivity index (χ0v) is 16.4. The van der Waals surface area contributed by atoms with Gasteiger partial charge in [0, 0.05) is 25.4 Å². The molecule has 1 saturated heterocycles. The lowest BCUT2D eigenvalue weighted by Crippen LogP contribution is -2.41. The summed E-state index contributed by atoms with van der Waals surface area (Å²) >= 11 is 0. The highest BCUT2D eigenvalue weighted by atomic mass is 19.4. The van der Waals surface area contributed by atoms with Crippen LogP contribution in [0.2, 0.25) is 0 Å². The maximum Gasteiger partial charge on any atom is 0.417 e. The van der Waals surface area contributed by atoms with E-state index in [0.717, 1.165) is 12.1 Å². The van der Waals surface area contributed by atoms with Crippen LogP contribution >= 0.6 is 0 Å². The van der Waals surface area contributed by atoms with Gasteiger partial charge in [0.05, 0.1) is 11.1 Å². The first-order valence-corrected chi connectivity index (χ1v) is 9.67. The second-order valence-electron chi connectivity index (χ2n) is 7.28. The van der Waals surface area contributed by atoms with Gasteiger partial charge in [0.25, 0.3) is 5.91 Å². The van der Waals surface area contributed by atoms with Gasteiger partial charge in [-0.1, -0.05) is 24.3 Å². The first-order chi connectivity index (χ1) is 14.6. The van der Waals surface area contributed by atoms with Crippen molar-refractivity contribution >= 4 is 11.7 Å². The van der Waals surface area contributed by atoms with Crippen molar-refractivity contribution in [3.05, 3.63) is 65.2 Å². The molecule has 2 aromatic carbocycles. The number of hydrogen-bond donors (Lipinski definition) is 0. The van der Waals surface area contributed by atoms with E-state index in [9.17, 15) is 31.5 Å². The molecule has 1 aliphatic rings. The monoisotopic (exact) mass is 441 g/mol. The first kappa shape index (κ1) is 22.7. The van der Waals surface area contributed by atoms with Gasteiger partial charge in [-0.15, -0.1) is 0 Å². The SMILES string of the molecule is O=C(Cc1ccc(OC(F)F)cc1)C1CCN(C(=O)c2ccccc2C(F)(F)F)CC1. The van der Waals surface area contributed by atoms with Gasteiger partial charge in [0.2, 0.25) is 0 Å². The summed E-state index contributed by atoms with van der Waals surface area (Å²) in [6.45, 7) is -2.56. The van der Waals surface area contributed by atoms with E-state index in [-0.39, 0.29) is 37.0 Å². The maximum atomic E-state index is 13.2. The molecule has 166 valence electrons. The van der Waals surface area contributed by atoms with Crippen molar-refractivity contribution in [3.63, 3.8) is 0 Å². The van der Waals surface area contributed by atoms with Crippen LogP contribution in [0.3, 0.4) is 0 Å². The third-order valence-corrected chi connectivity index (χ3v) is 5.23. The van der Waals surface area contributed by atoms with Gasteiger partial charge in [0.1, 0.15) is 11.5 Å². The highest BCUT2D eigenvalue weighted by Crippen LogP contribution is 2.33. The van der Waals surface area contributed by atoms with Gasteiger partial charge in [0.15, 0.2) is 0 Å². The Morgan fingerprint density at radius 3 is 2.19 bits per heavy atom. The molecule has 0 atom stereocenters. The molecular formula is C22H20F5NO3. The Labute approximate surface area is 175 Å². The highest BCUT2D eigenvalue weighted by molar-refractivity contribution is 5.96. The number of likely N-dealkylation sites (tertiary alicyclic amines) is 1. The van der Waals surface area contributed by atoms with E-state index in [1.54, 1.807) is 0 Å². The summed E-state index contributed by atoms with van der Waals surface area (Å²) < 4.78 is 68.2. The number of Topliss-reactive ketones (excluding diaryl/α,β-unsaturated/α-hetero) is 1. The fourth-order valence-corrected chi connectivity index (χ4v) is 3.63. The molecule has 0 bridgehead atoms. The molecule has 2 aromatic rings. The number of carbonyl (C=O) groups excluding carboxylic acids is 2. The normalized spacial score (nSPS) is 15.2. The van der Waals surface area contributed by atoms with E-state index in [0.29, 0.717) is 18.4 Å². The molecule has 0 aromatic heterocycles. The minimum atomic E-state index is -4.63. The molecule has 9 heteroatoms. The van der Waals surface area contributed by atoms with Crippen LogP contribution in [0.4, 0.5) is 22.0 Å². The second kappa shape index (κ2) is 9.45. The van der Waals surface area contributed by atoms with E-state index >= 15 is 0 Å². The Kier molecular flexibility index (Phi) is 6.92. The molecule has 0 unspecified atom stereocenters. The summed E-state index contributed by atoms with van der Waals surface area (Å²) in [6, 6.07) is 10.4. The fourth-order valence-electron chi connectivity index (χ4n) is 3.63. The molecule has 0 radical (unpaired) electrons. The summed E-state index contributed by atoms with van der Waals surface area (Å²) in [5.41, 5.74) is -0.729. The zero-order valence-electron chi connectivity index (χ0n) is 16.4. The molecule has 0 spiro atoms. The number of amides is 1. The molecule has 1 aliphatic heterocycles. The number of carbonyl (C=O) groups is 2. The van der Waals surface area contributed by atoms with Crippen molar-refractivity contribution in [2.45, 2.75) is 32.1 Å². The summed E-state index contributed by atoms with van der Waals surface area (Å²) in [5.74, 6) is -1.09. The Bertz CT molecular complexity index is 919. The molecule has 1 heterocycles. The number of benzene rings is 2. The molecule has 0 N–H and O–H groups in total. The number of nitrogens with zero attached hydrogens (tertiary/aromatic N) is 1. The number of piperidine rings is 1. The lowest BCUT2D eigenvalue weighted by atomic mass is 9.89. The van der Waals surface area contributed by atoms with Gasteiger partial charge in [-0.05, 0) is 42.7 Å². The van der Waals surface area contributed by atoms with Crippen LogP contribution in [0.5, 0.6) is 5.75 Å². The lowest BCUT2D eigenvalue weighted by Gasteiger charge is -2.32. The molecule has 1 fully saturated rings. The van der Waals surface area contributed by atoms with E-state index in [4.69, 9.17) is 0 Å². The predicted octanol–water partition coefficient (Wildman–Crippen LogP) is 4.97. The molecule has 0 aliphatic carbocycles. The third kappa shape index (κ3) is 5.80. The van der Waals surface area contributed by atoms with Gasteiger partial charge in [-0.25, -0.2) is 0 Å². The van der Waals surface area contributed by atoms with Crippen LogP contribution < -0.4 is 4.74 Å². The van der Waals surface area contributed by atoms with Crippen LogP contribution in [0, 0.1) is 5.92 Å². The third-order valence-electron chi connectivity index (χ3n) is 5.23. The Morgan fingerprint density at radius 1 is 1.00 bits per heavy atom. The van der Waals surface area contributed by atoms with Gasteiger partial charge < -0.3 is 9.64 Å². The number of halogens is 5. The molecular weight excluding hydrogens is 421 g/mol. The summed E-state index contributed by atoms with van der Waals surface area (Å²) in [4.78, 5) is 26.5. The van der Waals surface area contributed by atoms with Crippen molar-refractivity contribution in [2.75, 3.05) is 13.1 Å².